The van der Waals surface area contributed by atoms with Gasteiger partial charge in [0.15, 0.2) is 0 Å². The van der Waals surface area contributed by atoms with Crippen LogP contribution in [0, 0.1) is 0 Å². The van der Waals surface area contributed by atoms with Gasteiger partial charge in [-0.2, -0.15) is 0 Å². The summed E-state index contributed by atoms with van der Waals surface area (Å²) in [7, 11) is 0. The van der Waals surface area contributed by atoms with E-state index in [-0.39, 0.29) is 0 Å². The Balaban J connectivity index is 2.14. The molecule has 0 amide bonds. The van der Waals surface area contributed by atoms with E-state index >= 15 is 0 Å². The molecular weight excluding hydrogens is 338 g/mol. The van der Waals surface area contributed by atoms with Crippen LogP contribution >= 0.6 is 27.5 Å². The maximum absolute atomic E-state index is 5.92. The second-order valence-electron chi connectivity index (χ2n) is 4.52. The van der Waals surface area contributed by atoms with Crippen LogP contribution in [-0.2, 0) is 6.54 Å². The predicted molar refractivity (Wildman–Crippen MR) is 88.1 cm³/mol. The van der Waals surface area contributed by atoms with E-state index in [1.54, 1.807) is 0 Å². The first-order valence-corrected chi connectivity index (χ1v) is 7.67. The molecule has 2 rings (SSSR count). The van der Waals surface area contributed by atoms with Crippen molar-refractivity contribution in [3.05, 3.63) is 57.7 Å². The van der Waals surface area contributed by atoms with Crippen molar-refractivity contribution in [3.8, 4) is 0 Å². The molecule has 1 aromatic heterocycles. The third-order valence-corrected chi connectivity index (χ3v) is 3.68. The molecule has 0 atom stereocenters. The van der Waals surface area contributed by atoms with Gasteiger partial charge in [0.1, 0.15) is 5.82 Å². The van der Waals surface area contributed by atoms with E-state index in [2.05, 4.69) is 25.8 Å². The number of anilines is 1. The highest BCUT2D eigenvalue weighted by atomic mass is 79.9. The summed E-state index contributed by atoms with van der Waals surface area (Å²) < 4.78 is 0.978. The molecule has 0 saturated carbocycles. The Labute approximate surface area is 132 Å². The first-order chi connectivity index (χ1) is 9.69. The maximum atomic E-state index is 5.92. The molecule has 0 aliphatic heterocycles. The van der Waals surface area contributed by atoms with E-state index in [1.165, 1.54) is 5.56 Å². The number of hydrogen-bond donors (Lipinski definition) is 1. The molecule has 2 aromatic rings. The first-order valence-electron chi connectivity index (χ1n) is 6.50. The van der Waals surface area contributed by atoms with Gasteiger partial charge < -0.3 is 10.6 Å². The molecule has 0 bridgehead atoms. The number of nitrogens with zero attached hydrogens (tertiary/aromatic N) is 2. The minimum absolute atomic E-state index is 0.674. The fraction of sp³-hybridized carbons (Fsp3) is 0.267. The fourth-order valence-corrected chi connectivity index (χ4v) is 2.28. The van der Waals surface area contributed by atoms with Crippen molar-refractivity contribution in [1.29, 1.82) is 0 Å². The SMILES string of the molecule is NCCCN(Cc1ccc(Cl)cc1)c1ccc(Br)cn1. The van der Waals surface area contributed by atoms with Crippen molar-refractivity contribution in [1.82, 2.24) is 4.98 Å². The van der Waals surface area contributed by atoms with E-state index < -0.39 is 0 Å². The highest BCUT2D eigenvalue weighted by Crippen LogP contribution is 2.18. The second-order valence-corrected chi connectivity index (χ2v) is 5.88. The quantitative estimate of drug-likeness (QED) is 0.856. The molecule has 0 unspecified atom stereocenters. The van der Waals surface area contributed by atoms with Gasteiger partial charge in [0.2, 0.25) is 0 Å². The average Bonchev–Trinajstić information content (AvgIpc) is 2.46. The summed E-state index contributed by atoms with van der Waals surface area (Å²) in [5.74, 6) is 0.955. The summed E-state index contributed by atoms with van der Waals surface area (Å²) in [4.78, 5) is 6.68. The summed E-state index contributed by atoms with van der Waals surface area (Å²) in [5.41, 5.74) is 6.82. The molecule has 0 aliphatic rings. The summed E-state index contributed by atoms with van der Waals surface area (Å²) in [6.07, 6.45) is 2.75. The van der Waals surface area contributed by atoms with E-state index in [4.69, 9.17) is 17.3 Å². The van der Waals surface area contributed by atoms with Gasteiger partial charge in [-0.3, -0.25) is 0 Å². The Morgan fingerprint density at radius 1 is 1.15 bits per heavy atom. The van der Waals surface area contributed by atoms with E-state index in [0.29, 0.717) is 6.54 Å². The van der Waals surface area contributed by atoms with Crippen molar-refractivity contribution < 1.29 is 0 Å². The van der Waals surface area contributed by atoms with Crippen molar-refractivity contribution in [2.45, 2.75) is 13.0 Å². The van der Waals surface area contributed by atoms with Crippen LogP contribution in [-0.4, -0.2) is 18.1 Å². The van der Waals surface area contributed by atoms with Gasteiger partial charge >= 0.3 is 0 Å². The number of aromatic nitrogens is 1. The van der Waals surface area contributed by atoms with E-state index in [0.717, 1.165) is 34.8 Å². The molecule has 0 aliphatic carbocycles. The third-order valence-electron chi connectivity index (χ3n) is 2.95. The number of benzene rings is 1. The molecule has 1 aromatic carbocycles. The molecule has 5 heteroatoms. The second kappa shape index (κ2) is 7.62. The number of halogens is 2. The normalized spacial score (nSPS) is 10.6. The summed E-state index contributed by atoms with van der Waals surface area (Å²) in [6, 6.07) is 11.9. The van der Waals surface area contributed by atoms with Crippen LogP contribution in [0.3, 0.4) is 0 Å². The minimum atomic E-state index is 0.674. The molecular formula is C15H17BrClN3. The molecule has 106 valence electrons. The lowest BCUT2D eigenvalue weighted by Crippen LogP contribution is -2.26. The average molecular weight is 355 g/mol. The molecule has 0 fully saturated rings. The van der Waals surface area contributed by atoms with Crippen molar-refractivity contribution in [2.75, 3.05) is 18.0 Å². The number of rotatable bonds is 6. The Kier molecular flexibility index (Phi) is 5.83. The van der Waals surface area contributed by atoms with E-state index in [9.17, 15) is 0 Å². The van der Waals surface area contributed by atoms with Gasteiger partial charge in [0.05, 0.1) is 0 Å². The Hall–Kier alpha value is -1.10. The van der Waals surface area contributed by atoms with Crippen LogP contribution in [0.25, 0.3) is 0 Å². The van der Waals surface area contributed by atoms with Gasteiger partial charge in [-0.1, -0.05) is 23.7 Å². The molecule has 2 N–H and O–H groups in total. The lowest BCUT2D eigenvalue weighted by Gasteiger charge is -2.23. The maximum Gasteiger partial charge on any atom is 0.128 e. The third kappa shape index (κ3) is 4.47. The molecule has 3 nitrogen and oxygen atoms in total. The zero-order valence-electron chi connectivity index (χ0n) is 11.1. The van der Waals surface area contributed by atoms with Crippen LogP contribution in [0.4, 0.5) is 5.82 Å². The Morgan fingerprint density at radius 2 is 1.90 bits per heavy atom. The number of hydrogen-bond acceptors (Lipinski definition) is 3. The fourth-order valence-electron chi connectivity index (χ4n) is 1.92. The highest BCUT2D eigenvalue weighted by Gasteiger charge is 2.08. The zero-order chi connectivity index (χ0) is 14.4. The van der Waals surface area contributed by atoms with Gasteiger partial charge in [-0.25, -0.2) is 4.98 Å². The molecule has 0 saturated heterocycles. The largest absolute Gasteiger partial charge is 0.352 e. The first kappa shape index (κ1) is 15.3. The highest BCUT2D eigenvalue weighted by molar-refractivity contribution is 9.10. The van der Waals surface area contributed by atoms with Crippen molar-refractivity contribution in [2.24, 2.45) is 5.73 Å². The standard InChI is InChI=1S/C15H17BrClN3/c16-13-4-7-15(19-10-13)20(9-1-8-18)11-12-2-5-14(17)6-3-12/h2-7,10H,1,8-9,11,18H2. The van der Waals surface area contributed by atoms with Crippen LogP contribution in [0.2, 0.25) is 5.02 Å². The Morgan fingerprint density at radius 3 is 2.50 bits per heavy atom. The molecule has 0 spiro atoms. The van der Waals surface area contributed by atoms with Crippen LogP contribution < -0.4 is 10.6 Å². The minimum Gasteiger partial charge on any atom is -0.352 e. The van der Waals surface area contributed by atoms with Crippen molar-refractivity contribution in [3.63, 3.8) is 0 Å². The lowest BCUT2D eigenvalue weighted by molar-refractivity contribution is 0.726. The summed E-state index contributed by atoms with van der Waals surface area (Å²) in [6.45, 7) is 2.35. The zero-order valence-corrected chi connectivity index (χ0v) is 13.4. The number of pyridine rings is 1. The topological polar surface area (TPSA) is 42.1 Å². The lowest BCUT2D eigenvalue weighted by atomic mass is 10.2. The van der Waals surface area contributed by atoms with Crippen LogP contribution in [0.1, 0.15) is 12.0 Å². The van der Waals surface area contributed by atoms with E-state index in [1.807, 2.05) is 42.6 Å². The molecule has 1 heterocycles. The van der Waals surface area contributed by atoms with Crippen molar-refractivity contribution >= 4 is 33.3 Å². The summed E-state index contributed by atoms with van der Waals surface area (Å²) in [5, 5.41) is 0.754. The monoisotopic (exact) mass is 353 g/mol. The number of nitrogens with two attached hydrogens (primary N) is 1. The van der Waals surface area contributed by atoms with Gasteiger partial charge in [0, 0.05) is 28.8 Å². The molecule has 0 radical (unpaired) electrons. The Bertz CT molecular complexity index is 528. The van der Waals surface area contributed by atoms with Crippen LogP contribution in [0.5, 0.6) is 0 Å². The van der Waals surface area contributed by atoms with Gasteiger partial charge in [0.25, 0.3) is 0 Å². The smallest absolute Gasteiger partial charge is 0.128 e. The summed E-state index contributed by atoms with van der Waals surface area (Å²) >= 11 is 9.32. The molecule has 20 heavy (non-hydrogen) atoms. The van der Waals surface area contributed by atoms with Crippen LogP contribution in [0.15, 0.2) is 47.1 Å². The van der Waals surface area contributed by atoms with Gasteiger partial charge in [-0.05, 0) is 58.7 Å². The van der Waals surface area contributed by atoms with Gasteiger partial charge in [-0.15, -0.1) is 0 Å². The predicted octanol–water partition coefficient (Wildman–Crippen LogP) is 3.85.